The lowest BCUT2D eigenvalue weighted by atomic mass is 10.1. The molecule has 0 aliphatic rings. The smallest absolute Gasteiger partial charge is 0.358 e. The number of aromatic carboxylic acids is 1. The maximum atomic E-state index is 11.4. The van der Waals surface area contributed by atoms with Gasteiger partial charge in [-0.2, -0.15) is 0 Å². The molecule has 0 aliphatic heterocycles. The second-order valence-electron chi connectivity index (χ2n) is 5.43. The normalized spacial score (nSPS) is 10.7. The molecular formula is C18H17N3O2. The molecule has 1 N–H and O–H groups in total. The average molecular weight is 307 g/mol. The maximum absolute atomic E-state index is 11.4. The Labute approximate surface area is 134 Å². The number of rotatable bonds is 5. The van der Waals surface area contributed by atoms with Gasteiger partial charge in [0.05, 0.1) is 11.4 Å². The van der Waals surface area contributed by atoms with Crippen molar-refractivity contribution in [1.29, 1.82) is 0 Å². The predicted molar refractivity (Wildman–Crippen MR) is 86.9 cm³/mol. The number of benzene rings is 2. The van der Waals surface area contributed by atoms with Gasteiger partial charge in [-0.25, -0.2) is 9.48 Å². The molecule has 0 saturated carbocycles. The summed E-state index contributed by atoms with van der Waals surface area (Å²) in [4.78, 5) is 11.4. The van der Waals surface area contributed by atoms with E-state index in [1.807, 2.05) is 61.5 Å². The molecule has 116 valence electrons. The van der Waals surface area contributed by atoms with Gasteiger partial charge in [0, 0.05) is 0 Å². The van der Waals surface area contributed by atoms with Crippen LogP contribution in [0.2, 0.25) is 0 Å². The third kappa shape index (κ3) is 3.29. The van der Waals surface area contributed by atoms with Gasteiger partial charge in [0.15, 0.2) is 5.69 Å². The fourth-order valence-corrected chi connectivity index (χ4v) is 2.57. The SMILES string of the molecule is Cc1cccc(-n2nnc(C(=O)O)c2CCc2ccccc2)c1. The van der Waals surface area contributed by atoms with Crippen LogP contribution in [0, 0.1) is 6.92 Å². The van der Waals surface area contributed by atoms with Gasteiger partial charge in [0.1, 0.15) is 0 Å². The summed E-state index contributed by atoms with van der Waals surface area (Å²) in [6.07, 6.45) is 1.30. The van der Waals surface area contributed by atoms with Gasteiger partial charge in [-0.05, 0) is 43.0 Å². The second kappa shape index (κ2) is 6.44. The van der Waals surface area contributed by atoms with Crippen molar-refractivity contribution >= 4 is 5.97 Å². The summed E-state index contributed by atoms with van der Waals surface area (Å²) in [6.45, 7) is 1.99. The third-order valence-electron chi connectivity index (χ3n) is 3.71. The fraction of sp³-hybridized carbons (Fsp3) is 0.167. The molecule has 3 aromatic rings. The van der Waals surface area contributed by atoms with Crippen LogP contribution in [0.3, 0.4) is 0 Å². The highest BCUT2D eigenvalue weighted by Crippen LogP contribution is 2.17. The Bertz CT molecular complexity index is 825. The number of carboxylic acids is 1. The molecule has 2 aromatic carbocycles. The largest absolute Gasteiger partial charge is 0.476 e. The number of nitrogens with zero attached hydrogens (tertiary/aromatic N) is 3. The Morgan fingerprint density at radius 3 is 2.57 bits per heavy atom. The highest BCUT2D eigenvalue weighted by atomic mass is 16.4. The predicted octanol–water partition coefficient (Wildman–Crippen LogP) is 3.06. The van der Waals surface area contributed by atoms with Gasteiger partial charge in [0.2, 0.25) is 0 Å². The van der Waals surface area contributed by atoms with E-state index in [4.69, 9.17) is 0 Å². The van der Waals surface area contributed by atoms with Gasteiger partial charge in [0.25, 0.3) is 0 Å². The second-order valence-corrected chi connectivity index (χ2v) is 5.43. The Morgan fingerprint density at radius 2 is 1.87 bits per heavy atom. The van der Waals surface area contributed by atoms with Gasteiger partial charge in [-0.1, -0.05) is 47.7 Å². The number of carboxylic acid groups (broad SMARTS) is 1. The zero-order valence-electron chi connectivity index (χ0n) is 12.8. The number of hydrogen-bond donors (Lipinski definition) is 1. The minimum atomic E-state index is -1.05. The number of aryl methyl sites for hydroxylation is 2. The first-order chi connectivity index (χ1) is 11.1. The summed E-state index contributed by atoms with van der Waals surface area (Å²) in [7, 11) is 0. The van der Waals surface area contributed by atoms with E-state index in [2.05, 4.69) is 10.3 Å². The van der Waals surface area contributed by atoms with Crippen LogP contribution in [-0.2, 0) is 12.8 Å². The molecular weight excluding hydrogens is 290 g/mol. The first-order valence-corrected chi connectivity index (χ1v) is 7.44. The summed E-state index contributed by atoms with van der Waals surface area (Å²) in [6, 6.07) is 17.8. The lowest BCUT2D eigenvalue weighted by Gasteiger charge is -2.08. The van der Waals surface area contributed by atoms with Crippen LogP contribution in [0.25, 0.3) is 5.69 Å². The summed E-state index contributed by atoms with van der Waals surface area (Å²) in [5.74, 6) is -1.05. The van der Waals surface area contributed by atoms with E-state index in [0.717, 1.165) is 23.2 Å². The van der Waals surface area contributed by atoms with Crippen molar-refractivity contribution in [3.05, 3.63) is 77.1 Å². The average Bonchev–Trinajstić information content (AvgIpc) is 2.98. The van der Waals surface area contributed by atoms with Crippen LogP contribution in [-0.4, -0.2) is 26.1 Å². The van der Waals surface area contributed by atoms with Gasteiger partial charge in [-0.15, -0.1) is 5.10 Å². The summed E-state index contributed by atoms with van der Waals surface area (Å²) < 4.78 is 1.62. The van der Waals surface area contributed by atoms with E-state index in [1.54, 1.807) is 4.68 Å². The molecule has 5 nitrogen and oxygen atoms in total. The van der Waals surface area contributed by atoms with Crippen LogP contribution in [0.4, 0.5) is 0 Å². The first-order valence-electron chi connectivity index (χ1n) is 7.44. The van der Waals surface area contributed by atoms with Crippen molar-refractivity contribution in [2.45, 2.75) is 19.8 Å². The minimum Gasteiger partial charge on any atom is -0.476 e. The number of carbonyl (C=O) groups is 1. The third-order valence-corrected chi connectivity index (χ3v) is 3.71. The van der Waals surface area contributed by atoms with Crippen LogP contribution in [0.1, 0.15) is 27.3 Å². The van der Waals surface area contributed by atoms with Crippen LogP contribution in [0.5, 0.6) is 0 Å². The van der Waals surface area contributed by atoms with Gasteiger partial charge in [-0.3, -0.25) is 0 Å². The highest BCUT2D eigenvalue weighted by molar-refractivity contribution is 5.86. The van der Waals surface area contributed by atoms with E-state index >= 15 is 0 Å². The van der Waals surface area contributed by atoms with Crippen molar-refractivity contribution in [3.63, 3.8) is 0 Å². The van der Waals surface area contributed by atoms with E-state index in [9.17, 15) is 9.90 Å². The molecule has 0 amide bonds. The van der Waals surface area contributed by atoms with Crippen molar-refractivity contribution in [1.82, 2.24) is 15.0 Å². The Hall–Kier alpha value is -2.95. The maximum Gasteiger partial charge on any atom is 0.358 e. The molecule has 5 heteroatoms. The summed E-state index contributed by atoms with van der Waals surface area (Å²) in [5.41, 5.74) is 3.70. The van der Waals surface area contributed by atoms with Gasteiger partial charge >= 0.3 is 5.97 Å². The molecule has 0 spiro atoms. The fourth-order valence-electron chi connectivity index (χ4n) is 2.57. The van der Waals surface area contributed by atoms with Gasteiger partial charge < -0.3 is 5.11 Å². The Balaban J connectivity index is 1.96. The zero-order valence-corrected chi connectivity index (χ0v) is 12.8. The quantitative estimate of drug-likeness (QED) is 0.786. The van der Waals surface area contributed by atoms with Crippen molar-refractivity contribution in [2.24, 2.45) is 0 Å². The number of aromatic nitrogens is 3. The van der Waals surface area contributed by atoms with Crippen molar-refractivity contribution in [3.8, 4) is 5.69 Å². The lowest BCUT2D eigenvalue weighted by Crippen LogP contribution is -2.08. The standard InChI is InChI=1S/C18H17N3O2/c1-13-6-5-9-15(12-13)21-16(17(18(22)23)19-20-21)11-10-14-7-3-2-4-8-14/h2-9,12H,10-11H2,1H3,(H,22,23). The van der Waals surface area contributed by atoms with Crippen LogP contribution < -0.4 is 0 Å². The summed E-state index contributed by atoms with van der Waals surface area (Å²) in [5, 5.41) is 17.3. The molecule has 0 radical (unpaired) electrons. The van der Waals surface area contributed by atoms with E-state index in [-0.39, 0.29) is 5.69 Å². The van der Waals surface area contributed by atoms with E-state index < -0.39 is 5.97 Å². The van der Waals surface area contributed by atoms with Crippen molar-refractivity contribution < 1.29 is 9.90 Å². The molecule has 1 heterocycles. The Kier molecular flexibility index (Phi) is 4.19. The molecule has 23 heavy (non-hydrogen) atoms. The molecule has 0 aliphatic carbocycles. The molecule has 0 fully saturated rings. The topological polar surface area (TPSA) is 68.0 Å². The molecule has 0 bridgehead atoms. The van der Waals surface area contributed by atoms with E-state index in [0.29, 0.717) is 12.1 Å². The highest BCUT2D eigenvalue weighted by Gasteiger charge is 2.19. The number of hydrogen-bond acceptors (Lipinski definition) is 3. The summed E-state index contributed by atoms with van der Waals surface area (Å²) >= 11 is 0. The molecule has 0 saturated heterocycles. The molecule has 0 atom stereocenters. The minimum absolute atomic E-state index is 0.0161. The Morgan fingerprint density at radius 1 is 1.09 bits per heavy atom. The zero-order chi connectivity index (χ0) is 16.2. The molecule has 3 rings (SSSR count). The monoisotopic (exact) mass is 307 g/mol. The lowest BCUT2D eigenvalue weighted by molar-refractivity contribution is 0.0689. The van der Waals surface area contributed by atoms with Crippen LogP contribution >= 0.6 is 0 Å². The van der Waals surface area contributed by atoms with Crippen molar-refractivity contribution in [2.75, 3.05) is 0 Å². The first kappa shape index (κ1) is 15.0. The molecule has 0 unspecified atom stereocenters. The van der Waals surface area contributed by atoms with E-state index in [1.165, 1.54) is 0 Å². The molecule has 1 aromatic heterocycles. The van der Waals surface area contributed by atoms with Crippen LogP contribution in [0.15, 0.2) is 54.6 Å².